The van der Waals surface area contributed by atoms with Crippen LogP contribution in [0.2, 0.25) is 0 Å². The van der Waals surface area contributed by atoms with E-state index in [1.807, 2.05) is 0 Å². The second-order valence-corrected chi connectivity index (χ2v) is 6.12. The van der Waals surface area contributed by atoms with Crippen molar-refractivity contribution >= 4 is 0 Å². The van der Waals surface area contributed by atoms with Crippen LogP contribution < -0.4 is 5.32 Å². The molecule has 0 aromatic heterocycles. The minimum Gasteiger partial charge on any atom is -0.311 e. The quantitative estimate of drug-likeness (QED) is 0.606. The zero-order chi connectivity index (χ0) is 9.53. The van der Waals surface area contributed by atoms with E-state index in [1.165, 1.54) is 38.6 Å². The van der Waals surface area contributed by atoms with E-state index in [9.17, 15) is 0 Å². The van der Waals surface area contributed by atoms with Gasteiger partial charge in [-0.1, -0.05) is 20.8 Å². The summed E-state index contributed by atoms with van der Waals surface area (Å²) in [5, 5.41) is 3.73. The third-order valence-corrected chi connectivity index (χ3v) is 4.17. The molecule has 0 radical (unpaired) electrons. The fourth-order valence-corrected chi connectivity index (χ4v) is 3.12. The summed E-state index contributed by atoms with van der Waals surface area (Å²) in [5.74, 6) is 0.943. The first-order valence-corrected chi connectivity index (χ1v) is 5.77. The van der Waals surface area contributed by atoms with Crippen molar-refractivity contribution in [3.63, 3.8) is 0 Å². The van der Waals surface area contributed by atoms with Crippen molar-refractivity contribution in [2.45, 2.75) is 58.4 Å². The molecule has 0 aromatic carbocycles. The van der Waals surface area contributed by atoms with E-state index in [0.29, 0.717) is 11.0 Å². The van der Waals surface area contributed by atoms with Crippen molar-refractivity contribution in [2.75, 3.05) is 6.54 Å². The number of rotatable bonds is 0. The van der Waals surface area contributed by atoms with E-state index >= 15 is 0 Å². The van der Waals surface area contributed by atoms with Crippen molar-refractivity contribution in [1.29, 1.82) is 0 Å². The largest absolute Gasteiger partial charge is 0.311 e. The van der Waals surface area contributed by atoms with Gasteiger partial charge in [-0.15, -0.1) is 0 Å². The first-order chi connectivity index (χ1) is 6.02. The van der Waals surface area contributed by atoms with Crippen LogP contribution in [-0.2, 0) is 0 Å². The highest BCUT2D eigenvalue weighted by atomic mass is 15.0. The Hall–Kier alpha value is -0.0400. The van der Waals surface area contributed by atoms with Gasteiger partial charge in [0, 0.05) is 5.54 Å². The number of hydrogen-bond acceptors (Lipinski definition) is 1. The highest BCUT2D eigenvalue weighted by molar-refractivity contribution is 5.01. The van der Waals surface area contributed by atoms with E-state index in [2.05, 4.69) is 26.1 Å². The van der Waals surface area contributed by atoms with Gasteiger partial charge in [0.15, 0.2) is 0 Å². The van der Waals surface area contributed by atoms with Gasteiger partial charge in [0.1, 0.15) is 0 Å². The van der Waals surface area contributed by atoms with Gasteiger partial charge < -0.3 is 5.32 Å². The van der Waals surface area contributed by atoms with E-state index in [0.717, 1.165) is 5.92 Å². The minimum absolute atomic E-state index is 0.522. The molecule has 2 rings (SSSR count). The predicted molar refractivity (Wildman–Crippen MR) is 56.8 cm³/mol. The predicted octanol–water partition coefficient (Wildman–Crippen LogP) is 2.95. The van der Waals surface area contributed by atoms with Crippen molar-refractivity contribution in [3.8, 4) is 0 Å². The summed E-state index contributed by atoms with van der Waals surface area (Å²) in [4.78, 5) is 0. The fourth-order valence-electron chi connectivity index (χ4n) is 3.12. The Labute approximate surface area is 82.3 Å². The zero-order valence-corrected chi connectivity index (χ0v) is 9.32. The van der Waals surface area contributed by atoms with Crippen LogP contribution in [0.1, 0.15) is 52.9 Å². The molecule has 1 nitrogen and oxygen atoms in total. The van der Waals surface area contributed by atoms with Gasteiger partial charge >= 0.3 is 0 Å². The molecule has 1 aliphatic heterocycles. The summed E-state index contributed by atoms with van der Waals surface area (Å²) in [5.41, 5.74) is 1.09. The molecule has 0 aromatic rings. The Morgan fingerprint density at radius 1 is 1.23 bits per heavy atom. The molecule has 76 valence electrons. The molecule has 1 saturated carbocycles. The van der Waals surface area contributed by atoms with Crippen LogP contribution in [0.25, 0.3) is 0 Å². The SMILES string of the molecule is CC(C)(C)C1CCC2(CCCN2)C1. The summed E-state index contributed by atoms with van der Waals surface area (Å²) in [6.07, 6.45) is 7.12. The second-order valence-electron chi connectivity index (χ2n) is 6.12. The smallest absolute Gasteiger partial charge is 0.0184 e. The van der Waals surface area contributed by atoms with Crippen molar-refractivity contribution < 1.29 is 0 Å². The Kier molecular flexibility index (Phi) is 2.18. The molecular weight excluding hydrogens is 158 g/mol. The molecule has 1 saturated heterocycles. The second kappa shape index (κ2) is 2.98. The average Bonchev–Trinajstić information content (AvgIpc) is 2.60. The Morgan fingerprint density at radius 2 is 2.00 bits per heavy atom. The van der Waals surface area contributed by atoms with Crippen LogP contribution in [0, 0.1) is 11.3 Å². The minimum atomic E-state index is 0.522. The summed E-state index contributed by atoms with van der Waals surface area (Å²) in [6.45, 7) is 8.44. The summed E-state index contributed by atoms with van der Waals surface area (Å²) in [6, 6.07) is 0. The lowest BCUT2D eigenvalue weighted by atomic mass is 9.78. The van der Waals surface area contributed by atoms with E-state index in [4.69, 9.17) is 0 Å². The van der Waals surface area contributed by atoms with Gasteiger partial charge in [0.25, 0.3) is 0 Å². The molecule has 1 N–H and O–H groups in total. The molecule has 1 heterocycles. The van der Waals surface area contributed by atoms with E-state index in [1.54, 1.807) is 0 Å². The zero-order valence-electron chi connectivity index (χ0n) is 9.32. The van der Waals surface area contributed by atoms with Crippen molar-refractivity contribution in [3.05, 3.63) is 0 Å². The normalized spacial score (nSPS) is 40.4. The lowest BCUT2D eigenvalue weighted by Gasteiger charge is -2.30. The van der Waals surface area contributed by atoms with Gasteiger partial charge in [-0.3, -0.25) is 0 Å². The Morgan fingerprint density at radius 3 is 2.46 bits per heavy atom. The molecule has 2 fully saturated rings. The van der Waals surface area contributed by atoms with Crippen LogP contribution in [0.15, 0.2) is 0 Å². The third-order valence-electron chi connectivity index (χ3n) is 4.17. The van der Waals surface area contributed by atoms with Crippen molar-refractivity contribution in [2.24, 2.45) is 11.3 Å². The third kappa shape index (κ3) is 1.76. The van der Waals surface area contributed by atoms with Crippen molar-refractivity contribution in [1.82, 2.24) is 5.32 Å². The summed E-state index contributed by atoms with van der Waals surface area (Å²) >= 11 is 0. The standard InChI is InChI=1S/C12H23N/c1-11(2,3)10-5-7-12(9-10)6-4-8-13-12/h10,13H,4-9H2,1-3H3. The molecule has 1 heteroatoms. The Bertz CT molecular complexity index is 184. The molecule has 13 heavy (non-hydrogen) atoms. The molecule has 2 atom stereocenters. The number of nitrogens with one attached hydrogen (secondary N) is 1. The molecule has 1 aliphatic carbocycles. The average molecular weight is 181 g/mol. The maximum atomic E-state index is 3.73. The molecular formula is C12H23N. The van der Waals surface area contributed by atoms with Gasteiger partial charge in [-0.05, 0) is 50.0 Å². The molecule has 0 bridgehead atoms. The molecule has 2 unspecified atom stereocenters. The van der Waals surface area contributed by atoms with E-state index < -0.39 is 0 Å². The topological polar surface area (TPSA) is 12.0 Å². The molecule has 2 aliphatic rings. The lowest BCUT2D eigenvalue weighted by molar-refractivity contribution is 0.228. The summed E-state index contributed by atoms with van der Waals surface area (Å²) < 4.78 is 0. The molecule has 0 amide bonds. The fraction of sp³-hybridized carbons (Fsp3) is 1.00. The maximum absolute atomic E-state index is 3.73. The maximum Gasteiger partial charge on any atom is 0.0184 e. The first kappa shape index (κ1) is 9.51. The highest BCUT2D eigenvalue weighted by Gasteiger charge is 2.44. The van der Waals surface area contributed by atoms with Crippen LogP contribution in [0.4, 0.5) is 0 Å². The highest BCUT2D eigenvalue weighted by Crippen LogP contribution is 2.47. The lowest BCUT2D eigenvalue weighted by Crippen LogP contribution is -2.37. The Balaban J connectivity index is 2.01. The van der Waals surface area contributed by atoms with Gasteiger partial charge in [0.2, 0.25) is 0 Å². The van der Waals surface area contributed by atoms with Gasteiger partial charge in [-0.2, -0.15) is 0 Å². The van der Waals surface area contributed by atoms with Gasteiger partial charge in [0.05, 0.1) is 0 Å². The summed E-state index contributed by atoms with van der Waals surface area (Å²) in [7, 11) is 0. The molecule has 1 spiro atoms. The van der Waals surface area contributed by atoms with Crippen LogP contribution >= 0.6 is 0 Å². The first-order valence-electron chi connectivity index (χ1n) is 5.77. The van der Waals surface area contributed by atoms with Crippen LogP contribution in [-0.4, -0.2) is 12.1 Å². The monoisotopic (exact) mass is 181 g/mol. The van der Waals surface area contributed by atoms with Crippen LogP contribution in [0.5, 0.6) is 0 Å². The number of hydrogen-bond donors (Lipinski definition) is 1. The van der Waals surface area contributed by atoms with E-state index in [-0.39, 0.29) is 0 Å². The van der Waals surface area contributed by atoms with Crippen LogP contribution in [0.3, 0.4) is 0 Å². The van der Waals surface area contributed by atoms with Gasteiger partial charge in [-0.25, -0.2) is 0 Å².